The number of amides is 1. The summed E-state index contributed by atoms with van der Waals surface area (Å²) in [7, 11) is 0. The fraction of sp³-hybridized carbons (Fsp3) is 0.312. The van der Waals surface area contributed by atoms with Gasteiger partial charge in [0.1, 0.15) is 0 Å². The Morgan fingerprint density at radius 3 is 2.47 bits per heavy atom. The first-order chi connectivity index (χ1) is 9.00. The summed E-state index contributed by atoms with van der Waals surface area (Å²) in [6, 6.07) is 7.98. The second-order valence-electron chi connectivity index (χ2n) is 5.03. The molecule has 19 heavy (non-hydrogen) atoms. The fourth-order valence-corrected chi connectivity index (χ4v) is 2.91. The summed E-state index contributed by atoms with van der Waals surface area (Å²) >= 11 is 1.62. The van der Waals surface area contributed by atoms with Gasteiger partial charge in [-0.3, -0.25) is 4.79 Å². The lowest BCUT2D eigenvalue weighted by Gasteiger charge is -2.13. The molecule has 1 N–H and O–H groups in total. The second-order valence-corrected chi connectivity index (χ2v) is 6.11. The van der Waals surface area contributed by atoms with Crippen molar-refractivity contribution in [3.05, 3.63) is 51.2 Å². The van der Waals surface area contributed by atoms with E-state index in [0.29, 0.717) is 5.92 Å². The van der Waals surface area contributed by atoms with Crippen molar-refractivity contribution in [3.63, 3.8) is 0 Å². The molecule has 0 spiro atoms. The van der Waals surface area contributed by atoms with Gasteiger partial charge in [0, 0.05) is 15.9 Å². The highest BCUT2D eigenvalue weighted by Gasteiger charge is 2.14. The molecule has 2 aromatic rings. The summed E-state index contributed by atoms with van der Waals surface area (Å²) in [6.45, 7) is 8.30. The van der Waals surface area contributed by atoms with Crippen molar-refractivity contribution in [2.24, 2.45) is 0 Å². The van der Waals surface area contributed by atoms with Crippen LogP contribution >= 0.6 is 11.3 Å². The minimum absolute atomic E-state index is 0.0186. The van der Waals surface area contributed by atoms with E-state index in [2.05, 4.69) is 25.2 Å². The predicted molar refractivity (Wildman–Crippen MR) is 82.3 cm³/mol. The summed E-state index contributed by atoms with van der Waals surface area (Å²) in [4.78, 5) is 13.5. The molecule has 0 atom stereocenters. The summed E-state index contributed by atoms with van der Waals surface area (Å²) in [5, 5.41) is 4.96. The van der Waals surface area contributed by atoms with Gasteiger partial charge in [0.2, 0.25) is 0 Å². The van der Waals surface area contributed by atoms with E-state index in [1.165, 1.54) is 10.4 Å². The number of nitrogens with one attached hydrogen (secondary N) is 1. The maximum atomic E-state index is 12.3. The molecule has 1 aromatic heterocycles. The molecule has 0 aliphatic carbocycles. The summed E-state index contributed by atoms with van der Waals surface area (Å²) in [5.74, 6) is 0.372. The number of benzene rings is 1. The summed E-state index contributed by atoms with van der Waals surface area (Å²) in [5.41, 5.74) is 3.93. The van der Waals surface area contributed by atoms with Crippen LogP contribution in [0.2, 0.25) is 0 Å². The van der Waals surface area contributed by atoms with E-state index in [1.54, 1.807) is 11.3 Å². The van der Waals surface area contributed by atoms with Gasteiger partial charge in [0.05, 0.1) is 5.56 Å². The topological polar surface area (TPSA) is 29.1 Å². The van der Waals surface area contributed by atoms with Crippen LogP contribution in [-0.2, 0) is 0 Å². The Labute approximate surface area is 118 Å². The molecule has 2 nitrogen and oxygen atoms in total. The first-order valence-electron chi connectivity index (χ1n) is 6.45. The lowest BCUT2D eigenvalue weighted by molar-refractivity contribution is 0.102. The van der Waals surface area contributed by atoms with Crippen LogP contribution in [-0.4, -0.2) is 5.91 Å². The molecular formula is C16H19NOS. The van der Waals surface area contributed by atoms with Gasteiger partial charge in [-0.1, -0.05) is 32.0 Å². The zero-order valence-corrected chi connectivity index (χ0v) is 12.6. The fourth-order valence-electron chi connectivity index (χ4n) is 2.04. The van der Waals surface area contributed by atoms with Gasteiger partial charge >= 0.3 is 0 Å². The van der Waals surface area contributed by atoms with Crippen LogP contribution in [0.5, 0.6) is 0 Å². The number of thiophene rings is 1. The Kier molecular flexibility index (Phi) is 4.05. The quantitative estimate of drug-likeness (QED) is 0.859. The molecule has 0 aliphatic heterocycles. The molecule has 0 aliphatic rings. The smallest absolute Gasteiger partial charge is 0.256 e. The number of para-hydroxylation sites is 1. The van der Waals surface area contributed by atoms with Crippen LogP contribution < -0.4 is 5.32 Å². The lowest BCUT2D eigenvalue weighted by atomic mass is 10.0. The SMILES string of the molecule is Cc1scc(C(=O)Nc2ccccc2C(C)C)c1C. The highest BCUT2D eigenvalue weighted by molar-refractivity contribution is 7.10. The zero-order valence-electron chi connectivity index (χ0n) is 11.8. The average molecular weight is 273 g/mol. The molecule has 1 aromatic carbocycles. The third-order valence-electron chi connectivity index (χ3n) is 3.36. The van der Waals surface area contributed by atoms with Crippen LogP contribution in [0.3, 0.4) is 0 Å². The molecule has 0 saturated carbocycles. The van der Waals surface area contributed by atoms with Crippen molar-refractivity contribution in [3.8, 4) is 0 Å². The van der Waals surface area contributed by atoms with Crippen molar-refractivity contribution in [2.45, 2.75) is 33.6 Å². The number of carbonyl (C=O) groups is 1. The van der Waals surface area contributed by atoms with Gasteiger partial charge in [-0.15, -0.1) is 11.3 Å². The van der Waals surface area contributed by atoms with Crippen LogP contribution in [0.1, 0.15) is 46.1 Å². The van der Waals surface area contributed by atoms with Crippen LogP contribution in [0.15, 0.2) is 29.6 Å². The number of anilines is 1. The van der Waals surface area contributed by atoms with Crippen molar-refractivity contribution in [1.82, 2.24) is 0 Å². The van der Waals surface area contributed by atoms with Gasteiger partial charge in [0.25, 0.3) is 5.91 Å². The van der Waals surface area contributed by atoms with Crippen LogP contribution in [0.25, 0.3) is 0 Å². The van der Waals surface area contributed by atoms with Crippen LogP contribution in [0, 0.1) is 13.8 Å². The zero-order chi connectivity index (χ0) is 14.0. The second kappa shape index (κ2) is 5.57. The maximum Gasteiger partial charge on any atom is 0.256 e. The molecule has 0 radical (unpaired) electrons. The average Bonchev–Trinajstić information content (AvgIpc) is 2.70. The number of aryl methyl sites for hydroxylation is 1. The van der Waals surface area contributed by atoms with Crippen molar-refractivity contribution in [2.75, 3.05) is 5.32 Å². The van der Waals surface area contributed by atoms with Crippen molar-refractivity contribution in [1.29, 1.82) is 0 Å². The van der Waals surface area contributed by atoms with Gasteiger partial charge in [-0.2, -0.15) is 0 Å². The molecule has 0 saturated heterocycles. The molecule has 3 heteroatoms. The van der Waals surface area contributed by atoms with E-state index in [1.807, 2.05) is 37.4 Å². The highest BCUT2D eigenvalue weighted by Crippen LogP contribution is 2.26. The highest BCUT2D eigenvalue weighted by atomic mass is 32.1. The Morgan fingerprint density at radius 1 is 1.21 bits per heavy atom. The maximum absolute atomic E-state index is 12.3. The van der Waals surface area contributed by atoms with E-state index >= 15 is 0 Å². The standard InChI is InChI=1S/C16H19NOS/c1-10(2)13-7-5-6-8-15(13)17-16(18)14-9-19-12(4)11(14)3/h5-10H,1-4H3,(H,17,18). The third kappa shape index (κ3) is 2.87. The van der Waals surface area contributed by atoms with E-state index in [4.69, 9.17) is 0 Å². The molecule has 0 fully saturated rings. The number of hydrogen-bond donors (Lipinski definition) is 1. The largest absolute Gasteiger partial charge is 0.322 e. The van der Waals surface area contributed by atoms with E-state index < -0.39 is 0 Å². The molecule has 100 valence electrons. The molecular weight excluding hydrogens is 254 g/mol. The van der Waals surface area contributed by atoms with Crippen LogP contribution in [0.4, 0.5) is 5.69 Å². The van der Waals surface area contributed by atoms with E-state index in [-0.39, 0.29) is 5.91 Å². The van der Waals surface area contributed by atoms with E-state index in [9.17, 15) is 4.79 Å². The molecule has 1 amide bonds. The molecule has 0 bridgehead atoms. The lowest BCUT2D eigenvalue weighted by Crippen LogP contribution is -2.14. The number of carbonyl (C=O) groups excluding carboxylic acids is 1. The predicted octanol–water partition coefficient (Wildman–Crippen LogP) is 4.74. The monoisotopic (exact) mass is 273 g/mol. The van der Waals surface area contributed by atoms with Crippen molar-refractivity contribution >= 4 is 22.9 Å². The van der Waals surface area contributed by atoms with Gasteiger partial charge in [-0.05, 0) is 37.0 Å². The first-order valence-corrected chi connectivity index (χ1v) is 7.33. The van der Waals surface area contributed by atoms with E-state index in [0.717, 1.165) is 16.8 Å². The Bertz CT molecular complexity index is 599. The van der Waals surface area contributed by atoms with Gasteiger partial charge in [0.15, 0.2) is 0 Å². The Hall–Kier alpha value is -1.61. The van der Waals surface area contributed by atoms with Gasteiger partial charge < -0.3 is 5.32 Å². The molecule has 1 heterocycles. The molecule has 0 unspecified atom stereocenters. The first kappa shape index (κ1) is 13.8. The summed E-state index contributed by atoms with van der Waals surface area (Å²) < 4.78 is 0. The normalized spacial score (nSPS) is 10.8. The Morgan fingerprint density at radius 2 is 1.89 bits per heavy atom. The third-order valence-corrected chi connectivity index (χ3v) is 4.37. The number of hydrogen-bond acceptors (Lipinski definition) is 2. The minimum atomic E-state index is -0.0186. The van der Waals surface area contributed by atoms with Crippen molar-refractivity contribution < 1.29 is 4.79 Å². The number of rotatable bonds is 3. The van der Waals surface area contributed by atoms with Gasteiger partial charge in [-0.25, -0.2) is 0 Å². The summed E-state index contributed by atoms with van der Waals surface area (Å²) in [6.07, 6.45) is 0. The Balaban J connectivity index is 2.27. The molecule has 2 rings (SSSR count). The minimum Gasteiger partial charge on any atom is -0.322 e.